The molecule has 0 aliphatic heterocycles. The molecule has 2 aromatic heterocycles. The molecule has 8 heteroatoms. The topological polar surface area (TPSA) is 88.8 Å². The monoisotopic (exact) mass is 352 g/mol. The zero-order chi connectivity index (χ0) is 17.2. The second-order valence-corrected chi connectivity index (χ2v) is 6.23. The Bertz CT molecular complexity index is 1020. The number of anilines is 5. The van der Waals surface area contributed by atoms with Gasteiger partial charge in [-0.25, -0.2) is 19.3 Å². The average Bonchev–Trinajstić information content (AvgIpc) is 3.02. The molecular formula is C17H13FN6S. The number of hydrogen-bond acceptors (Lipinski definition) is 7. The molecule has 0 atom stereocenters. The van der Waals surface area contributed by atoms with Crippen molar-refractivity contribution < 1.29 is 4.39 Å². The number of halogens is 1. The van der Waals surface area contributed by atoms with E-state index < -0.39 is 0 Å². The van der Waals surface area contributed by atoms with Gasteiger partial charge in [-0.1, -0.05) is 35.6 Å². The van der Waals surface area contributed by atoms with Crippen molar-refractivity contribution in [2.24, 2.45) is 0 Å². The number of para-hydroxylation sites is 2. The Morgan fingerprint density at radius 1 is 0.920 bits per heavy atom. The summed E-state index contributed by atoms with van der Waals surface area (Å²) in [4.78, 5) is 12.7. The van der Waals surface area contributed by atoms with Crippen LogP contribution in [-0.4, -0.2) is 15.0 Å². The number of hydrogen-bond donors (Lipinski definition) is 3. The van der Waals surface area contributed by atoms with Crippen molar-refractivity contribution in [3.8, 4) is 0 Å². The second-order valence-electron chi connectivity index (χ2n) is 5.20. The smallest absolute Gasteiger partial charge is 0.189 e. The van der Waals surface area contributed by atoms with Crippen LogP contribution in [0.25, 0.3) is 10.2 Å². The van der Waals surface area contributed by atoms with Gasteiger partial charge in [-0.3, -0.25) is 0 Å². The molecule has 0 aliphatic rings. The second kappa shape index (κ2) is 6.33. The molecule has 0 bridgehead atoms. The van der Waals surface area contributed by atoms with E-state index in [1.54, 1.807) is 18.2 Å². The molecule has 0 aliphatic carbocycles. The summed E-state index contributed by atoms with van der Waals surface area (Å²) < 4.78 is 14.9. The van der Waals surface area contributed by atoms with Crippen LogP contribution in [0, 0.1) is 5.82 Å². The molecule has 0 spiro atoms. The maximum absolute atomic E-state index is 13.8. The number of thiazole rings is 1. The van der Waals surface area contributed by atoms with Crippen LogP contribution >= 0.6 is 11.3 Å². The molecule has 2 heterocycles. The Labute approximate surface area is 146 Å². The van der Waals surface area contributed by atoms with Crippen molar-refractivity contribution in [1.29, 1.82) is 0 Å². The summed E-state index contributed by atoms with van der Waals surface area (Å²) in [5.41, 5.74) is 7.60. The third-order valence-electron chi connectivity index (χ3n) is 3.53. The van der Waals surface area contributed by atoms with Gasteiger partial charge in [-0.05, 0) is 24.3 Å². The lowest BCUT2D eigenvalue weighted by Gasteiger charge is -2.11. The minimum atomic E-state index is -0.388. The predicted molar refractivity (Wildman–Crippen MR) is 99.0 cm³/mol. The summed E-state index contributed by atoms with van der Waals surface area (Å²) in [6.45, 7) is 0. The van der Waals surface area contributed by atoms with E-state index in [2.05, 4.69) is 25.6 Å². The van der Waals surface area contributed by atoms with Crippen molar-refractivity contribution >= 4 is 49.7 Å². The molecule has 2 aromatic carbocycles. The predicted octanol–water partition coefficient (Wildman–Crippen LogP) is 4.29. The number of nitrogens with one attached hydrogen (secondary N) is 2. The minimum Gasteiger partial charge on any atom is -0.393 e. The van der Waals surface area contributed by atoms with E-state index in [-0.39, 0.29) is 11.5 Å². The first kappa shape index (κ1) is 15.3. The molecule has 0 saturated carbocycles. The number of benzene rings is 2. The number of aromatic nitrogens is 3. The van der Waals surface area contributed by atoms with Crippen LogP contribution in [0.2, 0.25) is 0 Å². The highest BCUT2D eigenvalue weighted by Gasteiger charge is 2.12. The lowest BCUT2D eigenvalue weighted by Crippen LogP contribution is -2.05. The van der Waals surface area contributed by atoms with Gasteiger partial charge in [-0.2, -0.15) is 0 Å². The Kier molecular flexibility index (Phi) is 3.87. The van der Waals surface area contributed by atoms with Gasteiger partial charge in [0.25, 0.3) is 0 Å². The van der Waals surface area contributed by atoms with E-state index in [9.17, 15) is 4.39 Å². The fourth-order valence-electron chi connectivity index (χ4n) is 2.31. The van der Waals surface area contributed by atoms with Gasteiger partial charge < -0.3 is 16.4 Å². The van der Waals surface area contributed by atoms with Crippen molar-refractivity contribution in [3.05, 3.63) is 60.7 Å². The van der Waals surface area contributed by atoms with Crippen LogP contribution in [0.5, 0.6) is 0 Å². The summed E-state index contributed by atoms with van der Waals surface area (Å²) in [7, 11) is 0. The highest BCUT2D eigenvalue weighted by Crippen LogP contribution is 2.32. The highest BCUT2D eigenvalue weighted by molar-refractivity contribution is 7.22. The molecular weight excluding hydrogens is 339 g/mol. The number of nitrogen functional groups attached to an aromatic ring is 1. The first-order valence-electron chi connectivity index (χ1n) is 7.45. The summed E-state index contributed by atoms with van der Waals surface area (Å²) >= 11 is 1.49. The Morgan fingerprint density at radius 2 is 1.64 bits per heavy atom. The van der Waals surface area contributed by atoms with E-state index in [1.165, 1.54) is 23.7 Å². The van der Waals surface area contributed by atoms with Crippen LogP contribution in [0.4, 0.5) is 32.5 Å². The largest absolute Gasteiger partial charge is 0.393 e. The third-order valence-corrected chi connectivity index (χ3v) is 4.48. The van der Waals surface area contributed by atoms with Crippen molar-refractivity contribution in [2.45, 2.75) is 0 Å². The molecule has 0 amide bonds. The Balaban J connectivity index is 1.63. The maximum atomic E-state index is 13.8. The summed E-state index contributed by atoms with van der Waals surface area (Å²) in [6.07, 6.45) is 1.36. The van der Waals surface area contributed by atoms with E-state index in [4.69, 9.17) is 5.73 Å². The van der Waals surface area contributed by atoms with Gasteiger partial charge >= 0.3 is 0 Å². The molecule has 4 aromatic rings. The zero-order valence-corrected chi connectivity index (χ0v) is 13.7. The van der Waals surface area contributed by atoms with Crippen LogP contribution in [0.3, 0.4) is 0 Å². The van der Waals surface area contributed by atoms with Gasteiger partial charge in [0.15, 0.2) is 16.8 Å². The standard InChI is InChI=1S/C17H13FN6S/c18-10-5-1-2-6-11(10)22-15-14(19)16(21-9-20-15)24-17-23-12-7-3-4-8-13(12)25-17/h1-9H,19H2,(H2,20,21,22,23,24). The summed E-state index contributed by atoms with van der Waals surface area (Å²) in [6, 6.07) is 14.1. The van der Waals surface area contributed by atoms with Crippen molar-refractivity contribution in [3.63, 3.8) is 0 Å². The quantitative estimate of drug-likeness (QED) is 0.508. The summed E-state index contributed by atoms with van der Waals surface area (Å²) in [5.74, 6) is 0.345. The van der Waals surface area contributed by atoms with Gasteiger partial charge in [0.2, 0.25) is 0 Å². The van der Waals surface area contributed by atoms with Crippen LogP contribution in [0.15, 0.2) is 54.9 Å². The molecule has 4 rings (SSSR count). The van der Waals surface area contributed by atoms with E-state index >= 15 is 0 Å². The van der Waals surface area contributed by atoms with Gasteiger partial charge in [-0.15, -0.1) is 0 Å². The molecule has 0 unspecified atom stereocenters. The molecule has 4 N–H and O–H groups in total. The van der Waals surface area contributed by atoms with Gasteiger partial charge in [0, 0.05) is 0 Å². The third kappa shape index (κ3) is 3.07. The molecule has 124 valence electrons. The zero-order valence-electron chi connectivity index (χ0n) is 12.9. The first-order chi connectivity index (χ1) is 12.2. The maximum Gasteiger partial charge on any atom is 0.189 e. The number of nitrogens with two attached hydrogens (primary N) is 1. The molecule has 0 fully saturated rings. The Hall–Kier alpha value is -3.26. The van der Waals surface area contributed by atoms with Crippen LogP contribution in [-0.2, 0) is 0 Å². The van der Waals surface area contributed by atoms with Crippen LogP contribution < -0.4 is 16.4 Å². The lowest BCUT2D eigenvalue weighted by atomic mass is 10.3. The number of rotatable bonds is 4. The SMILES string of the molecule is Nc1c(Nc2nc3ccccc3s2)ncnc1Nc1ccccc1F. The van der Waals surface area contributed by atoms with Crippen molar-refractivity contribution in [2.75, 3.05) is 16.4 Å². The van der Waals surface area contributed by atoms with E-state index in [0.29, 0.717) is 22.5 Å². The Morgan fingerprint density at radius 3 is 2.44 bits per heavy atom. The fraction of sp³-hybridized carbons (Fsp3) is 0. The number of nitrogens with zero attached hydrogens (tertiary/aromatic N) is 3. The average molecular weight is 352 g/mol. The first-order valence-corrected chi connectivity index (χ1v) is 8.27. The minimum absolute atomic E-state index is 0.282. The van der Waals surface area contributed by atoms with Gasteiger partial charge in [0.1, 0.15) is 17.8 Å². The number of fused-ring (bicyclic) bond motifs is 1. The van der Waals surface area contributed by atoms with Crippen LogP contribution in [0.1, 0.15) is 0 Å². The van der Waals surface area contributed by atoms with E-state index in [1.807, 2.05) is 24.3 Å². The van der Waals surface area contributed by atoms with Crippen molar-refractivity contribution in [1.82, 2.24) is 15.0 Å². The molecule has 6 nitrogen and oxygen atoms in total. The fourth-order valence-corrected chi connectivity index (χ4v) is 3.18. The lowest BCUT2D eigenvalue weighted by molar-refractivity contribution is 0.632. The van der Waals surface area contributed by atoms with E-state index in [0.717, 1.165) is 10.2 Å². The van der Waals surface area contributed by atoms with Gasteiger partial charge in [0.05, 0.1) is 15.9 Å². The normalized spacial score (nSPS) is 10.8. The molecule has 0 saturated heterocycles. The summed E-state index contributed by atoms with van der Waals surface area (Å²) in [5, 5.41) is 6.65. The highest BCUT2D eigenvalue weighted by atomic mass is 32.1. The molecule has 0 radical (unpaired) electrons. The molecule has 25 heavy (non-hydrogen) atoms.